The molecule has 0 saturated heterocycles. The standard InChI is InChI=1S/C19H21NO2/c1-15(2)14-22-18-10-6-9-17(13-18)19(21)20-12-11-16-7-4-3-5-8-16/h3-10,13H,1,11-12,14H2,2H3,(H,20,21). The highest BCUT2D eigenvalue weighted by molar-refractivity contribution is 5.94. The lowest BCUT2D eigenvalue weighted by Crippen LogP contribution is -2.25. The van der Waals surface area contributed by atoms with Gasteiger partial charge in [-0.25, -0.2) is 0 Å². The van der Waals surface area contributed by atoms with Gasteiger partial charge in [0.05, 0.1) is 0 Å². The molecule has 0 aliphatic rings. The summed E-state index contributed by atoms with van der Waals surface area (Å²) in [4.78, 5) is 12.1. The molecule has 0 aliphatic heterocycles. The number of amides is 1. The van der Waals surface area contributed by atoms with Gasteiger partial charge < -0.3 is 10.1 Å². The number of carbonyl (C=O) groups excluding carboxylic acids is 1. The van der Waals surface area contributed by atoms with Crippen LogP contribution < -0.4 is 10.1 Å². The van der Waals surface area contributed by atoms with Crippen LogP contribution >= 0.6 is 0 Å². The Bertz CT molecular complexity index is 635. The Morgan fingerprint density at radius 3 is 2.64 bits per heavy atom. The van der Waals surface area contributed by atoms with E-state index < -0.39 is 0 Å². The Balaban J connectivity index is 1.86. The van der Waals surface area contributed by atoms with Gasteiger partial charge in [0, 0.05) is 12.1 Å². The number of rotatable bonds is 7. The maximum Gasteiger partial charge on any atom is 0.251 e. The van der Waals surface area contributed by atoms with E-state index in [1.807, 2.05) is 37.3 Å². The first-order valence-corrected chi connectivity index (χ1v) is 7.34. The van der Waals surface area contributed by atoms with Crippen LogP contribution in [0, 0.1) is 0 Å². The van der Waals surface area contributed by atoms with E-state index in [9.17, 15) is 4.79 Å². The maximum absolute atomic E-state index is 12.1. The Morgan fingerprint density at radius 1 is 1.14 bits per heavy atom. The average Bonchev–Trinajstić information content (AvgIpc) is 2.54. The van der Waals surface area contributed by atoms with Gasteiger partial charge >= 0.3 is 0 Å². The molecule has 0 saturated carbocycles. The minimum absolute atomic E-state index is 0.0864. The molecule has 3 heteroatoms. The van der Waals surface area contributed by atoms with Crippen molar-refractivity contribution in [2.24, 2.45) is 0 Å². The molecular formula is C19H21NO2. The van der Waals surface area contributed by atoms with E-state index in [0.717, 1.165) is 12.0 Å². The first kappa shape index (κ1) is 15.8. The summed E-state index contributed by atoms with van der Waals surface area (Å²) in [7, 11) is 0. The fourth-order valence-electron chi connectivity index (χ4n) is 2.00. The van der Waals surface area contributed by atoms with Crippen LogP contribution in [0.2, 0.25) is 0 Å². The van der Waals surface area contributed by atoms with E-state index >= 15 is 0 Å². The van der Waals surface area contributed by atoms with Crippen molar-refractivity contribution in [1.29, 1.82) is 0 Å². The average molecular weight is 295 g/mol. The van der Waals surface area contributed by atoms with Crippen molar-refractivity contribution in [3.63, 3.8) is 0 Å². The first-order chi connectivity index (χ1) is 10.6. The number of ether oxygens (including phenoxy) is 1. The van der Waals surface area contributed by atoms with E-state index in [2.05, 4.69) is 24.0 Å². The van der Waals surface area contributed by atoms with Crippen molar-refractivity contribution in [3.8, 4) is 5.75 Å². The fraction of sp³-hybridized carbons (Fsp3) is 0.211. The van der Waals surface area contributed by atoms with E-state index in [0.29, 0.717) is 24.5 Å². The highest BCUT2D eigenvalue weighted by Crippen LogP contribution is 2.14. The first-order valence-electron chi connectivity index (χ1n) is 7.34. The predicted octanol–water partition coefficient (Wildman–Crippen LogP) is 3.61. The van der Waals surface area contributed by atoms with Crippen molar-refractivity contribution in [3.05, 3.63) is 77.9 Å². The van der Waals surface area contributed by atoms with E-state index in [1.165, 1.54) is 5.56 Å². The minimum Gasteiger partial charge on any atom is -0.489 e. The normalized spacial score (nSPS) is 10.0. The number of benzene rings is 2. The maximum atomic E-state index is 12.1. The second-order valence-electron chi connectivity index (χ2n) is 5.27. The molecule has 0 bridgehead atoms. The summed E-state index contributed by atoms with van der Waals surface area (Å²) in [5, 5.41) is 2.93. The van der Waals surface area contributed by atoms with Gasteiger partial charge in [-0.1, -0.05) is 43.0 Å². The molecule has 0 aliphatic carbocycles. The van der Waals surface area contributed by atoms with Gasteiger partial charge in [-0.15, -0.1) is 0 Å². The molecule has 1 N–H and O–H groups in total. The monoisotopic (exact) mass is 295 g/mol. The lowest BCUT2D eigenvalue weighted by molar-refractivity contribution is 0.0953. The van der Waals surface area contributed by atoms with Crippen molar-refractivity contribution in [2.75, 3.05) is 13.2 Å². The van der Waals surface area contributed by atoms with Crippen LogP contribution in [-0.4, -0.2) is 19.1 Å². The summed E-state index contributed by atoms with van der Waals surface area (Å²) in [5.74, 6) is 0.593. The lowest BCUT2D eigenvalue weighted by Gasteiger charge is -2.09. The molecule has 0 heterocycles. The molecular weight excluding hydrogens is 274 g/mol. The molecule has 0 unspecified atom stereocenters. The molecule has 0 fully saturated rings. The zero-order valence-corrected chi connectivity index (χ0v) is 12.8. The molecule has 22 heavy (non-hydrogen) atoms. The van der Waals surface area contributed by atoms with Gasteiger partial charge in [-0.2, -0.15) is 0 Å². The summed E-state index contributed by atoms with van der Waals surface area (Å²) in [6.45, 7) is 6.76. The largest absolute Gasteiger partial charge is 0.489 e. The van der Waals surface area contributed by atoms with Crippen molar-refractivity contribution in [1.82, 2.24) is 5.32 Å². The van der Waals surface area contributed by atoms with E-state index in [-0.39, 0.29) is 5.91 Å². The van der Waals surface area contributed by atoms with Gasteiger partial charge in [0.1, 0.15) is 12.4 Å². The summed E-state index contributed by atoms with van der Waals surface area (Å²) in [5.41, 5.74) is 2.76. The highest BCUT2D eigenvalue weighted by atomic mass is 16.5. The van der Waals surface area contributed by atoms with E-state index in [1.54, 1.807) is 12.1 Å². The minimum atomic E-state index is -0.0864. The van der Waals surface area contributed by atoms with Gasteiger partial charge in [0.15, 0.2) is 0 Å². The Labute approximate surface area is 131 Å². The molecule has 0 radical (unpaired) electrons. The second kappa shape index (κ2) is 8.03. The number of carbonyl (C=O) groups is 1. The third-order valence-corrected chi connectivity index (χ3v) is 3.12. The van der Waals surface area contributed by atoms with Crippen LogP contribution in [-0.2, 0) is 6.42 Å². The topological polar surface area (TPSA) is 38.3 Å². The van der Waals surface area contributed by atoms with Gasteiger partial charge in [0.25, 0.3) is 5.91 Å². The third-order valence-electron chi connectivity index (χ3n) is 3.12. The zero-order valence-electron chi connectivity index (χ0n) is 12.8. The van der Waals surface area contributed by atoms with Crippen LogP contribution in [0.5, 0.6) is 5.75 Å². The molecule has 0 spiro atoms. The van der Waals surface area contributed by atoms with Gasteiger partial charge in [0.2, 0.25) is 0 Å². The number of nitrogens with one attached hydrogen (secondary N) is 1. The summed E-state index contributed by atoms with van der Waals surface area (Å²) in [6, 6.07) is 17.3. The summed E-state index contributed by atoms with van der Waals surface area (Å²) < 4.78 is 5.55. The number of hydrogen-bond donors (Lipinski definition) is 1. The zero-order chi connectivity index (χ0) is 15.8. The fourth-order valence-corrected chi connectivity index (χ4v) is 2.00. The molecule has 114 valence electrons. The Hall–Kier alpha value is -2.55. The third kappa shape index (κ3) is 5.09. The quantitative estimate of drug-likeness (QED) is 0.792. The second-order valence-corrected chi connectivity index (χ2v) is 5.27. The van der Waals surface area contributed by atoms with Gasteiger partial charge in [-0.3, -0.25) is 4.79 Å². The highest BCUT2D eigenvalue weighted by Gasteiger charge is 2.06. The molecule has 2 aromatic rings. The van der Waals surface area contributed by atoms with Crippen molar-refractivity contribution >= 4 is 5.91 Å². The Morgan fingerprint density at radius 2 is 1.91 bits per heavy atom. The smallest absolute Gasteiger partial charge is 0.251 e. The van der Waals surface area contributed by atoms with Crippen molar-refractivity contribution < 1.29 is 9.53 Å². The molecule has 2 aromatic carbocycles. The molecule has 0 aromatic heterocycles. The van der Waals surface area contributed by atoms with Crippen LogP contribution in [0.15, 0.2) is 66.7 Å². The predicted molar refractivity (Wildman–Crippen MR) is 89.2 cm³/mol. The van der Waals surface area contributed by atoms with Gasteiger partial charge in [-0.05, 0) is 42.7 Å². The summed E-state index contributed by atoms with van der Waals surface area (Å²) >= 11 is 0. The SMILES string of the molecule is C=C(C)COc1cccc(C(=O)NCCc2ccccc2)c1. The Kier molecular flexibility index (Phi) is 5.78. The molecule has 2 rings (SSSR count). The van der Waals surface area contributed by atoms with Crippen LogP contribution in [0.3, 0.4) is 0 Å². The van der Waals surface area contributed by atoms with Crippen LogP contribution in [0.1, 0.15) is 22.8 Å². The summed E-state index contributed by atoms with van der Waals surface area (Å²) in [6.07, 6.45) is 0.818. The van der Waals surface area contributed by atoms with Crippen LogP contribution in [0.4, 0.5) is 0 Å². The van der Waals surface area contributed by atoms with Crippen molar-refractivity contribution in [2.45, 2.75) is 13.3 Å². The number of hydrogen-bond acceptors (Lipinski definition) is 2. The lowest BCUT2D eigenvalue weighted by atomic mass is 10.1. The molecule has 1 amide bonds. The van der Waals surface area contributed by atoms with Crippen LogP contribution in [0.25, 0.3) is 0 Å². The molecule has 3 nitrogen and oxygen atoms in total. The molecule has 0 atom stereocenters. The van der Waals surface area contributed by atoms with E-state index in [4.69, 9.17) is 4.74 Å².